The summed E-state index contributed by atoms with van der Waals surface area (Å²) in [6.45, 7) is 0.447. The van der Waals surface area contributed by atoms with E-state index in [0.29, 0.717) is 23.1 Å². The molecule has 2 aromatic rings. The molecule has 0 saturated carbocycles. The van der Waals surface area contributed by atoms with E-state index in [1.54, 1.807) is 17.4 Å². The fourth-order valence-corrected chi connectivity index (χ4v) is 2.35. The molecular weight excluding hydrogens is 262 g/mol. The van der Waals surface area contributed by atoms with E-state index < -0.39 is 0 Å². The summed E-state index contributed by atoms with van der Waals surface area (Å²) in [5, 5.41) is 1.55. The van der Waals surface area contributed by atoms with Crippen LogP contribution in [0.4, 0.5) is 0 Å². The molecule has 0 aliphatic carbocycles. The number of ether oxygens (including phenoxy) is 1. The van der Waals surface area contributed by atoms with Crippen molar-refractivity contribution in [2.75, 3.05) is 0 Å². The van der Waals surface area contributed by atoms with Crippen LogP contribution in [0.3, 0.4) is 0 Å². The summed E-state index contributed by atoms with van der Waals surface area (Å²) in [5.41, 5.74) is 0. The van der Waals surface area contributed by atoms with Gasteiger partial charge in [0.1, 0.15) is 17.4 Å². The Kier molecular flexibility index (Phi) is 4.09. The highest BCUT2D eigenvalue weighted by atomic mass is 35.5. The number of hydrogen-bond donors (Lipinski definition) is 1. The van der Waals surface area contributed by atoms with E-state index in [-0.39, 0.29) is 0 Å². The number of nitrogens with zero attached hydrogens (tertiary/aromatic N) is 1. The van der Waals surface area contributed by atoms with Gasteiger partial charge in [-0.15, -0.1) is 11.3 Å². The summed E-state index contributed by atoms with van der Waals surface area (Å²) in [6, 6.07) is 7.41. The Morgan fingerprint density at radius 2 is 2.19 bits per heavy atom. The second-order valence-electron chi connectivity index (χ2n) is 3.10. The van der Waals surface area contributed by atoms with Crippen LogP contribution in [0.25, 0.3) is 0 Å². The zero-order chi connectivity index (χ0) is 11.4. The van der Waals surface area contributed by atoms with Crippen molar-refractivity contribution in [3.05, 3.63) is 45.4 Å². The third kappa shape index (κ3) is 2.90. The van der Waals surface area contributed by atoms with Gasteiger partial charge in [0.05, 0.1) is 5.02 Å². The van der Waals surface area contributed by atoms with E-state index in [0.717, 1.165) is 9.88 Å². The molecule has 0 amide bonds. The second-order valence-corrected chi connectivity index (χ2v) is 5.02. The Morgan fingerprint density at radius 3 is 2.88 bits per heavy atom. The smallest absolute Gasteiger partial charge is 0.140 e. The molecule has 84 valence electrons. The highest BCUT2D eigenvalue weighted by molar-refractivity contribution is 7.79. The number of thiazole rings is 1. The van der Waals surface area contributed by atoms with Gasteiger partial charge < -0.3 is 4.74 Å². The fraction of sp³-hybridized carbons (Fsp3) is 0.182. The summed E-state index contributed by atoms with van der Waals surface area (Å²) < 4.78 is 5.57. The molecule has 5 heteroatoms. The molecule has 1 heterocycles. The van der Waals surface area contributed by atoms with Gasteiger partial charge in [-0.2, -0.15) is 12.6 Å². The van der Waals surface area contributed by atoms with Gasteiger partial charge in [-0.3, -0.25) is 0 Å². The largest absolute Gasteiger partial charge is 0.485 e. The summed E-state index contributed by atoms with van der Waals surface area (Å²) in [5.74, 6) is 1.40. The highest BCUT2D eigenvalue weighted by Gasteiger charge is 2.03. The zero-order valence-electron chi connectivity index (χ0n) is 8.39. The topological polar surface area (TPSA) is 22.1 Å². The number of hydrogen-bond acceptors (Lipinski definition) is 4. The fourth-order valence-electron chi connectivity index (χ4n) is 1.19. The lowest BCUT2D eigenvalue weighted by molar-refractivity contribution is 0.306. The first-order valence-electron chi connectivity index (χ1n) is 4.71. The molecule has 0 bridgehead atoms. The van der Waals surface area contributed by atoms with Gasteiger partial charge in [-0.05, 0) is 12.1 Å². The van der Waals surface area contributed by atoms with Crippen molar-refractivity contribution in [2.45, 2.75) is 12.4 Å². The lowest BCUT2D eigenvalue weighted by Gasteiger charge is -2.05. The Balaban J connectivity index is 1.99. The maximum absolute atomic E-state index is 5.97. The Hall–Kier alpha value is -0.710. The maximum atomic E-state index is 5.97. The minimum absolute atomic E-state index is 0.447. The van der Waals surface area contributed by atoms with E-state index in [4.69, 9.17) is 16.3 Å². The molecule has 1 aromatic heterocycles. The van der Waals surface area contributed by atoms with E-state index in [1.165, 1.54) is 0 Å². The van der Waals surface area contributed by atoms with Crippen LogP contribution in [-0.2, 0) is 12.4 Å². The molecule has 0 atom stereocenters. The van der Waals surface area contributed by atoms with Gasteiger partial charge >= 0.3 is 0 Å². The van der Waals surface area contributed by atoms with Crippen molar-refractivity contribution in [3.8, 4) is 5.75 Å². The minimum atomic E-state index is 0.447. The molecular formula is C11H10ClNOS2. The number of halogens is 1. The van der Waals surface area contributed by atoms with Crippen LogP contribution in [0.5, 0.6) is 5.75 Å². The Morgan fingerprint density at radius 1 is 1.38 bits per heavy atom. The van der Waals surface area contributed by atoms with E-state index in [2.05, 4.69) is 17.6 Å². The van der Waals surface area contributed by atoms with Gasteiger partial charge in [0.15, 0.2) is 0 Å². The molecule has 0 spiro atoms. The van der Waals surface area contributed by atoms with E-state index >= 15 is 0 Å². The predicted octanol–water partition coefficient (Wildman–Crippen LogP) is 3.81. The predicted molar refractivity (Wildman–Crippen MR) is 70.6 cm³/mol. The highest BCUT2D eigenvalue weighted by Crippen LogP contribution is 2.25. The third-order valence-corrected chi connectivity index (χ3v) is 3.78. The van der Waals surface area contributed by atoms with Crippen molar-refractivity contribution in [1.82, 2.24) is 4.98 Å². The molecule has 0 radical (unpaired) electrons. The van der Waals surface area contributed by atoms with Crippen LogP contribution in [0, 0.1) is 0 Å². The number of benzene rings is 1. The molecule has 0 aliphatic rings. The van der Waals surface area contributed by atoms with Crippen LogP contribution in [0.15, 0.2) is 30.5 Å². The first-order valence-corrected chi connectivity index (χ1v) is 6.54. The third-order valence-electron chi connectivity index (χ3n) is 1.95. The standard InChI is InChI=1S/C11H10ClNOS2/c12-9-3-1-2-4-10(9)14-6-11-13-5-8(7-15)16-11/h1-5,15H,6-7H2. The minimum Gasteiger partial charge on any atom is -0.485 e. The van der Waals surface area contributed by atoms with Crippen LogP contribution in [0.1, 0.15) is 9.88 Å². The van der Waals surface area contributed by atoms with Crippen LogP contribution >= 0.6 is 35.6 Å². The first kappa shape index (κ1) is 11.8. The Labute approximate surface area is 109 Å². The molecule has 2 nitrogen and oxygen atoms in total. The monoisotopic (exact) mass is 271 g/mol. The van der Waals surface area contributed by atoms with Crippen molar-refractivity contribution in [3.63, 3.8) is 0 Å². The van der Waals surface area contributed by atoms with Gasteiger partial charge in [0.25, 0.3) is 0 Å². The molecule has 1 aromatic carbocycles. The number of para-hydroxylation sites is 1. The quantitative estimate of drug-likeness (QED) is 0.855. The molecule has 0 aliphatic heterocycles. The summed E-state index contributed by atoms with van der Waals surface area (Å²) in [6.07, 6.45) is 1.82. The normalized spacial score (nSPS) is 10.4. The molecule has 0 unspecified atom stereocenters. The van der Waals surface area contributed by atoms with Crippen molar-refractivity contribution < 1.29 is 4.74 Å². The van der Waals surface area contributed by atoms with Crippen LogP contribution < -0.4 is 4.74 Å². The van der Waals surface area contributed by atoms with E-state index in [9.17, 15) is 0 Å². The molecule has 0 fully saturated rings. The molecule has 16 heavy (non-hydrogen) atoms. The van der Waals surface area contributed by atoms with Gasteiger partial charge in [-0.25, -0.2) is 4.98 Å². The summed E-state index contributed by atoms with van der Waals surface area (Å²) >= 11 is 11.8. The summed E-state index contributed by atoms with van der Waals surface area (Å²) in [7, 11) is 0. The average Bonchev–Trinajstić information content (AvgIpc) is 2.76. The lowest BCUT2D eigenvalue weighted by atomic mass is 10.3. The van der Waals surface area contributed by atoms with E-state index in [1.807, 2.05) is 24.4 Å². The number of thiol groups is 1. The average molecular weight is 272 g/mol. The van der Waals surface area contributed by atoms with Gasteiger partial charge in [-0.1, -0.05) is 23.7 Å². The maximum Gasteiger partial charge on any atom is 0.140 e. The molecule has 0 saturated heterocycles. The van der Waals surface area contributed by atoms with Crippen molar-refractivity contribution in [2.24, 2.45) is 0 Å². The summed E-state index contributed by atoms with van der Waals surface area (Å²) in [4.78, 5) is 5.37. The number of rotatable bonds is 4. The van der Waals surface area contributed by atoms with Crippen molar-refractivity contribution >= 4 is 35.6 Å². The SMILES string of the molecule is SCc1cnc(COc2ccccc2Cl)s1. The first-order chi connectivity index (χ1) is 7.79. The Bertz CT molecular complexity index is 473. The van der Waals surface area contributed by atoms with Gasteiger partial charge in [0, 0.05) is 16.8 Å². The lowest BCUT2D eigenvalue weighted by Crippen LogP contribution is -1.94. The van der Waals surface area contributed by atoms with Gasteiger partial charge in [0.2, 0.25) is 0 Å². The zero-order valence-corrected chi connectivity index (χ0v) is 10.9. The van der Waals surface area contributed by atoms with Crippen LogP contribution in [-0.4, -0.2) is 4.98 Å². The second kappa shape index (κ2) is 5.57. The van der Waals surface area contributed by atoms with Crippen LogP contribution in [0.2, 0.25) is 5.02 Å². The number of aromatic nitrogens is 1. The van der Waals surface area contributed by atoms with Crippen molar-refractivity contribution in [1.29, 1.82) is 0 Å². The molecule has 2 rings (SSSR count). The molecule has 0 N–H and O–H groups in total.